The van der Waals surface area contributed by atoms with E-state index in [0.717, 1.165) is 38.5 Å². The van der Waals surface area contributed by atoms with Crippen LogP contribution in [0.5, 0.6) is 0 Å². The van der Waals surface area contributed by atoms with Crippen molar-refractivity contribution in [2.45, 2.75) is 91.1 Å². The van der Waals surface area contributed by atoms with E-state index in [0.29, 0.717) is 19.4 Å². The molecule has 2 amide bonds. The van der Waals surface area contributed by atoms with Gasteiger partial charge in [-0.1, -0.05) is 52.9 Å². The van der Waals surface area contributed by atoms with E-state index in [1.54, 1.807) is 6.92 Å². The molecular weight excluding hydrogens is 336 g/mol. The van der Waals surface area contributed by atoms with Gasteiger partial charge in [-0.3, -0.25) is 4.79 Å². The number of alkyl carbamates (subject to hydrolysis) is 1. The molecule has 0 aliphatic carbocycles. The molecule has 2 N–H and O–H groups in total. The number of carbonyl (C=O) groups excluding carboxylic acids is 3. The monoisotopic (exact) mass is 372 g/mol. The average Bonchev–Trinajstić information content (AvgIpc) is 2.62. The molecular formula is C19H36N2O5. The van der Waals surface area contributed by atoms with Gasteiger partial charge >= 0.3 is 12.1 Å². The highest BCUT2D eigenvalue weighted by Gasteiger charge is 2.27. The fourth-order valence-corrected chi connectivity index (χ4v) is 2.34. The third-order valence-electron chi connectivity index (χ3n) is 3.92. The maximum absolute atomic E-state index is 12.6. The Balaban J connectivity index is 4.87. The molecule has 0 heterocycles. The lowest BCUT2D eigenvalue weighted by Gasteiger charge is -2.22. The van der Waals surface area contributed by atoms with Crippen molar-refractivity contribution in [2.75, 3.05) is 13.2 Å². The highest BCUT2D eigenvalue weighted by Crippen LogP contribution is 2.07. The van der Waals surface area contributed by atoms with Gasteiger partial charge in [0.05, 0.1) is 13.2 Å². The fourth-order valence-electron chi connectivity index (χ4n) is 2.34. The largest absolute Gasteiger partial charge is 0.464 e. The molecule has 0 aromatic carbocycles. The Bertz CT molecular complexity index is 415. The molecule has 7 nitrogen and oxygen atoms in total. The minimum Gasteiger partial charge on any atom is -0.464 e. The summed E-state index contributed by atoms with van der Waals surface area (Å²) < 4.78 is 10.1. The van der Waals surface area contributed by atoms with Gasteiger partial charge in [0.1, 0.15) is 12.1 Å². The molecule has 0 fully saturated rings. The molecule has 152 valence electrons. The second-order valence-electron chi connectivity index (χ2n) is 6.28. The van der Waals surface area contributed by atoms with Crippen LogP contribution in [0.3, 0.4) is 0 Å². The van der Waals surface area contributed by atoms with Crippen molar-refractivity contribution in [1.82, 2.24) is 10.6 Å². The zero-order valence-electron chi connectivity index (χ0n) is 16.8. The zero-order valence-corrected chi connectivity index (χ0v) is 16.8. The van der Waals surface area contributed by atoms with Crippen LogP contribution < -0.4 is 10.6 Å². The normalized spacial score (nSPS) is 12.8. The molecule has 0 spiro atoms. The number of carbonyl (C=O) groups is 3. The van der Waals surface area contributed by atoms with Gasteiger partial charge in [-0.2, -0.15) is 0 Å². The van der Waals surface area contributed by atoms with Crippen molar-refractivity contribution in [3.05, 3.63) is 0 Å². The number of hydrogen-bond acceptors (Lipinski definition) is 5. The van der Waals surface area contributed by atoms with E-state index in [9.17, 15) is 14.4 Å². The molecule has 0 aliphatic rings. The Morgan fingerprint density at radius 2 is 1.35 bits per heavy atom. The standard InChI is InChI=1S/C19H36N2O5/c1-5-9-12-15(21-19(24)25-8-4)17(22)20-16(13-10-6-2)18(23)26-14-11-7-3/h15-16H,5-14H2,1-4H3,(H,20,22)(H,21,24). The highest BCUT2D eigenvalue weighted by molar-refractivity contribution is 5.89. The molecule has 0 rings (SSSR count). The first-order valence-corrected chi connectivity index (χ1v) is 9.90. The number of amides is 2. The summed E-state index contributed by atoms with van der Waals surface area (Å²) in [4.78, 5) is 36.6. The van der Waals surface area contributed by atoms with E-state index in [4.69, 9.17) is 9.47 Å². The molecule has 0 aromatic heterocycles. The highest BCUT2D eigenvalue weighted by atomic mass is 16.5. The molecule has 0 radical (unpaired) electrons. The summed E-state index contributed by atoms with van der Waals surface area (Å²) in [6, 6.07) is -1.41. The average molecular weight is 373 g/mol. The molecule has 2 unspecified atom stereocenters. The summed E-state index contributed by atoms with van der Waals surface area (Å²) >= 11 is 0. The van der Waals surface area contributed by atoms with E-state index in [-0.39, 0.29) is 12.5 Å². The summed E-state index contributed by atoms with van der Waals surface area (Å²) in [7, 11) is 0. The second kappa shape index (κ2) is 15.5. The van der Waals surface area contributed by atoms with E-state index in [2.05, 4.69) is 10.6 Å². The van der Waals surface area contributed by atoms with Gasteiger partial charge in [-0.25, -0.2) is 9.59 Å². The second-order valence-corrected chi connectivity index (χ2v) is 6.28. The van der Waals surface area contributed by atoms with E-state index in [1.807, 2.05) is 20.8 Å². The predicted molar refractivity (Wildman–Crippen MR) is 101 cm³/mol. The Kier molecular flexibility index (Phi) is 14.4. The Morgan fingerprint density at radius 3 is 1.88 bits per heavy atom. The van der Waals surface area contributed by atoms with Crippen molar-refractivity contribution in [3.63, 3.8) is 0 Å². The number of hydrogen-bond donors (Lipinski definition) is 2. The van der Waals surface area contributed by atoms with Crippen molar-refractivity contribution < 1.29 is 23.9 Å². The van der Waals surface area contributed by atoms with Gasteiger partial charge in [0, 0.05) is 0 Å². The van der Waals surface area contributed by atoms with Crippen molar-refractivity contribution >= 4 is 18.0 Å². The van der Waals surface area contributed by atoms with Crippen LogP contribution in [0.15, 0.2) is 0 Å². The summed E-state index contributed by atoms with van der Waals surface area (Å²) in [5.74, 6) is -0.786. The molecule has 0 saturated carbocycles. The van der Waals surface area contributed by atoms with Crippen LogP contribution >= 0.6 is 0 Å². The molecule has 0 aromatic rings. The maximum Gasteiger partial charge on any atom is 0.407 e. The van der Waals surface area contributed by atoms with Crippen molar-refractivity contribution in [3.8, 4) is 0 Å². The van der Waals surface area contributed by atoms with Gasteiger partial charge < -0.3 is 20.1 Å². The Hall–Kier alpha value is -1.79. The maximum atomic E-state index is 12.6. The topological polar surface area (TPSA) is 93.7 Å². The molecule has 0 saturated heterocycles. The van der Waals surface area contributed by atoms with E-state index < -0.39 is 24.1 Å². The van der Waals surface area contributed by atoms with Gasteiger partial charge in [-0.15, -0.1) is 0 Å². The smallest absolute Gasteiger partial charge is 0.407 e. The summed E-state index contributed by atoms with van der Waals surface area (Å²) in [6.07, 6.45) is 5.51. The van der Waals surface area contributed by atoms with Gasteiger partial charge in [-0.05, 0) is 26.2 Å². The van der Waals surface area contributed by atoms with Crippen LogP contribution in [0, 0.1) is 0 Å². The third-order valence-corrected chi connectivity index (χ3v) is 3.92. The van der Waals surface area contributed by atoms with Crippen LogP contribution in [0.1, 0.15) is 79.1 Å². The quantitative estimate of drug-likeness (QED) is 0.360. The molecule has 0 aliphatic heterocycles. The molecule has 2 atom stereocenters. The zero-order chi connectivity index (χ0) is 19.8. The van der Waals surface area contributed by atoms with E-state index >= 15 is 0 Å². The Labute approximate surface area is 157 Å². The van der Waals surface area contributed by atoms with Gasteiger partial charge in [0.2, 0.25) is 5.91 Å². The number of ether oxygens (including phenoxy) is 2. The summed E-state index contributed by atoms with van der Waals surface area (Å²) in [5, 5.41) is 5.33. The van der Waals surface area contributed by atoms with Crippen molar-refractivity contribution in [1.29, 1.82) is 0 Å². The van der Waals surface area contributed by atoms with Crippen LogP contribution in [-0.2, 0) is 19.1 Å². The van der Waals surface area contributed by atoms with Crippen LogP contribution in [0.2, 0.25) is 0 Å². The van der Waals surface area contributed by atoms with Gasteiger partial charge in [0.15, 0.2) is 0 Å². The SMILES string of the molecule is CCCCOC(=O)C(CCCC)NC(=O)C(CCCC)NC(=O)OCC. The van der Waals surface area contributed by atoms with Gasteiger partial charge in [0.25, 0.3) is 0 Å². The molecule has 7 heteroatoms. The Morgan fingerprint density at radius 1 is 0.769 bits per heavy atom. The summed E-state index contributed by atoms with van der Waals surface area (Å²) in [6.45, 7) is 8.34. The van der Waals surface area contributed by atoms with E-state index in [1.165, 1.54) is 0 Å². The first kappa shape index (κ1) is 24.2. The number of rotatable bonds is 14. The van der Waals surface area contributed by atoms with Crippen molar-refractivity contribution in [2.24, 2.45) is 0 Å². The lowest BCUT2D eigenvalue weighted by atomic mass is 10.1. The summed E-state index contributed by atoms with van der Waals surface area (Å²) in [5.41, 5.74) is 0. The van der Waals surface area contributed by atoms with Crippen LogP contribution in [-0.4, -0.2) is 43.3 Å². The number of nitrogens with one attached hydrogen (secondary N) is 2. The lowest BCUT2D eigenvalue weighted by Crippen LogP contribution is -2.52. The van der Waals surface area contributed by atoms with Crippen LogP contribution in [0.25, 0.3) is 0 Å². The molecule has 0 bridgehead atoms. The minimum atomic E-state index is -0.721. The first-order chi connectivity index (χ1) is 12.5. The minimum absolute atomic E-state index is 0.233. The number of unbranched alkanes of at least 4 members (excludes halogenated alkanes) is 3. The predicted octanol–water partition coefficient (Wildman–Crippen LogP) is 3.31. The fraction of sp³-hybridized carbons (Fsp3) is 0.842. The first-order valence-electron chi connectivity index (χ1n) is 9.90. The van der Waals surface area contributed by atoms with Crippen LogP contribution in [0.4, 0.5) is 4.79 Å². The third kappa shape index (κ3) is 10.9. The lowest BCUT2D eigenvalue weighted by molar-refractivity contribution is -0.148. The molecule has 26 heavy (non-hydrogen) atoms. The number of esters is 1.